The molecule has 2 N–H and O–H groups in total. The Bertz CT molecular complexity index is 1220. The Labute approximate surface area is 208 Å². The molecule has 1 fully saturated rings. The lowest BCUT2D eigenvalue weighted by Gasteiger charge is -2.37. The molecule has 0 saturated carbocycles. The summed E-state index contributed by atoms with van der Waals surface area (Å²) >= 11 is 0. The predicted octanol–water partition coefficient (Wildman–Crippen LogP) is 3.17. The van der Waals surface area contributed by atoms with E-state index in [-0.39, 0.29) is 12.1 Å². The van der Waals surface area contributed by atoms with Crippen LogP contribution in [0.5, 0.6) is 0 Å². The zero-order valence-corrected chi connectivity index (χ0v) is 20.4. The number of anilines is 3. The SMILES string of the molecule is CCNC(=O)Nc1ccc(-c2nc3c(c(N4CCOCC4)n2)CCN(c2ncc(F)cn2)C3C)cc1. The maximum Gasteiger partial charge on any atom is 0.319 e. The minimum Gasteiger partial charge on any atom is -0.378 e. The third-order valence-electron chi connectivity index (χ3n) is 6.40. The van der Waals surface area contributed by atoms with E-state index >= 15 is 0 Å². The average Bonchev–Trinajstić information content (AvgIpc) is 2.90. The van der Waals surface area contributed by atoms with Gasteiger partial charge in [-0.25, -0.2) is 29.1 Å². The van der Waals surface area contributed by atoms with Gasteiger partial charge in [-0.05, 0) is 44.5 Å². The molecule has 1 atom stereocenters. The van der Waals surface area contributed by atoms with Crippen molar-refractivity contribution in [2.45, 2.75) is 26.3 Å². The summed E-state index contributed by atoms with van der Waals surface area (Å²) in [5, 5.41) is 5.53. The molecule has 3 aromatic rings. The van der Waals surface area contributed by atoms with E-state index in [0.29, 0.717) is 43.8 Å². The first-order chi connectivity index (χ1) is 17.5. The van der Waals surface area contributed by atoms with Gasteiger partial charge in [0.25, 0.3) is 0 Å². The zero-order chi connectivity index (χ0) is 25.1. The number of hydrogen-bond donors (Lipinski definition) is 2. The van der Waals surface area contributed by atoms with Crippen LogP contribution in [-0.2, 0) is 11.2 Å². The summed E-state index contributed by atoms with van der Waals surface area (Å²) < 4.78 is 19.0. The lowest BCUT2D eigenvalue weighted by Crippen LogP contribution is -2.41. The van der Waals surface area contributed by atoms with Crippen molar-refractivity contribution >= 4 is 23.5 Å². The van der Waals surface area contributed by atoms with Crippen molar-refractivity contribution in [3.05, 3.63) is 53.7 Å². The summed E-state index contributed by atoms with van der Waals surface area (Å²) in [7, 11) is 0. The molecule has 0 bridgehead atoms. The zero-order valence-electron chi connectivity index (χ0n) is 20.4. The number of urea groups is 1. The second-order valence-corrected chi connectivity index (χ2v) is 8.72. The van der Waals surface area contributed by atoms with Gasteiger partial charge >= 0.3 is 6.03 Å². The van der Waals surface area contributed by atoms with Gasteiger partial charge < -0.3 is 25.2 Å². The van der Waals surface area contributed by atoms with Crippen LogP contribution in [0.4, 0.5) is 26.6 Å². The molecule has 0 spiro atoms. The van der Waals surface area contributed by atoms with Crippen LogP contribution >= 0.6 is 0 Å². The van der Waals surface area contributed by atoms with Crippen LogP contribution in [0.3, 0.4) is 0 Å². The molecule has 1 unspecified atom stereocenters. The Balaban J connectivity index is 1.51. The van der Waals surface area contributed by atoms with E-state index in [2.05, 4.69) is 32.4 Å². The Kier molecular flexibility index (Phi) is 6.90. The highest BCUT2D eigenvalue weighted by molar-refractivity contribution is 5.89. The summed E-state index contributed by atoms with van der Waals surface area (Å²) in [6.45, 7) is 7.99. The Hall–Kier alpha value is -3.86. The predicted molar refractivity (Wildman–Crippen MR) is 135 cm³/mol. The second kappa shape index (κ2) is 10.4. The maximum absolute atomic E-state index is 13.4. The molecule has 2 aromatic heterocycles. The number of fused-ring (bicyclic) bond motifs is 1. The molecule has 2 aliphatic heterocycles. The molecule has 1 saturated heterocycles. The first-order valence-electron chi connectivity index (χ1n) is 12.2. The number of rotatable bonds is 5. The van der Waals surface area contributed by atoms with Gasteiger partial charge in [0.05, 0.1) is 37.3 Å². The van der Waals surface area contributed by atoms with Crippen LogP contribution in [0.25, 0.3) is 11.4 Å². The quantitative estimate of drug-likeness (QED) is 0.559. The summed E-state index contributed by atoms with van der Waals surface area (Å²) in [6, 6.07) is 7.11. The Morgan fingerprint density at radius 3 is 2.53 bits per heavy atom. The minimum atomic E-state index is -0.465. The molecule has 11 heteroatoms. The second-order valence-electron chi connectivity index (χ2n) is 8.72. The first kappa shape index (κ1) is 23.9. The average molecular weight is 493 g/mol. The van der Waals surface area contributed by atoms with E-state index in [9.17, 15) is 9.18 Å². The van der Waals surface area contributed by atoms with E-state index in [4.69, 9.17) is 14.7 Å². The van der Waals surface area contributed by atoms with E-state index in [1.807, 2.05) is 36.1 Å². The van der Waals surface area contributed by atoms with Crippen LogP contribution in [0.15, 0.2) is 36.7 Å². The van der Waals surface area contributed by atoms with E-state index < -0.39 is 5.82 Å². The van der Waals surface area contributed by atoms with Crippen molar-refractivity contribution in [3.63, 3.8) is 0 Å². The van der Waals surface area contributed by atoms with Crippen LogP contribution in [-0.4, -0.2) is 65.4 Å². The van der Waals surface area contributed by atoms with Gasteiger partial charge in [0.2, 0.25) is 5.95 Å². The fraction of sp³-hybridized carbons (Fsp3) is 0.400. The maximum atomic E-state index is 13.4. The number of nitrogens with zero attached hydrogens (tertiary/aromatic N) is 6. The van der Waals surface area contributed by atoms with E-state index in [1.165, 1.54) is 12.4 Å². The summed E-state index contributed by atoms with van der Waals surface area (Å²) in [6.07, 6.45) is 3.10. The lowest BCUT2D eigenvalue weighted by atomic mass is 9.98. The smallest absolute Gasteiger partial charge is 0.319 e. The summed E-state index contributed by atoms with van der Waals surface area (Å²) in [5.74, 6) is 1.54. The number of halogens is 1. The molecule has 0 aliphatic carbocycles. The molecule has 4 heterocycles. The van der Waals surface area contributed by atoms with Crippen LogP contribution in [0.2, 0.25) is 0 Å². The van der Waals surface area contributed by atoms with Crippen LogP contribution in [0, 0.1) is 5.82 Å². The fourth-order valence-electron chi connectivity index (χ4n) is 4.58. The molecule has 2 aliphatic rings. The van der Waals surface area contributed by atoms with Crippen molar-refractivity contribution < 1.29 is 13.9 Å². The highest BCUT2D eigenvalue weighted by Crippen LogP contribution is 2.36. The molecular weight excluding hydrogens is 463 g/mol. The monoisotopic (exact) mass is 492 g/mol. The topological polar surface area (TPSA) is 108 Å². The number of carbonyl (C=O) groups excluding carboxylic acids is 1. The standard InChI is InChI=1S/C25H29FN8O2/c1-3-27-25(35)30-19-6-4-17(5-7-19)22-31-21-16(2)34(24-28-14-18(26)15-29-24)9-8-20(21)23(32-22)33-10-12-36-13-11-33/h4-7,14-16H,3,8-13H2,1-2H3,(H2,27,30,35). The fourth-order valence-corrected chi connectivity index (χ4v) is 4.58. The van der Waals surface area contributed by atoms with Crippen molar-refractivity contribution in [2.75, 3.05) is 54.5 Å². The molecular formula is C25H29FN8O2. The molecule has 10 nitrogen and oxygen atoms in total. The van der Waals surface area contributed by atoms with E-state index in [1.54, 1.807) is 0 Å². The largest absolute Gasteiger partial charge is 0.378 e. The molecule has 1 aromatic carbocycles. The molecule has 2 amide bonds. The summed E-state index contributed by atoms with van der Waals surface area (Å²) in [5.41, 5.74) is 3.55. The first-order valence-corrected chi connectivity index (χ1v) is 12.2. The van der Waals surface area contributed by atoms with Gasteiger partial charge in [-0.1, -0.05) is 0 Å². The van der Waals surface area contributed by atoms with Gasteiger partial charge in [-0.3, -0.25) is 0 Å². The van der Waals surface area contributed by atoms with Gasteiger partial charge in [-0.15, -0.1) is 0 Å². The molecule has 36 heavy (non-hydrogen) atoms. The lowest BCUT2D eigenvalue weighted by molar-refractivity contribution is 0.122. The third kappa shape index (κ3) is 4.92. The van der Waals surface area contributed by atoms with E-state index in [0.717, 1.165) is 42.1 Å². The number of amides is 2. The van der Waals surface area contributed by atoms with Crippen molar-refractivity contribution in [2.24, 2.45) is 0 Å². The number of hydrogen-bond acceptors (Lipinski definition) is 8. The molecule has 0 radical (unpaired) electrons. The van der Waals surface area contributed by atoms with Gasteiger partial charge in [-0.2, -0.15) is 0 Å². The Morgan fingerprint density at radius 1 is 1.11 bits per heavy atom. The van der Waals surface area contributed by atoms with Gasteiger partial charge in [0.15, 0.2) is 11.6 Å². The van der Waals surface area contributed by atoms with Crippen molar-refractivity contribution in [3.8, 4) is 11.4 Å². The third-order valence-corrected chi connectivity index (χ3v) is 6.40. The van der Waals surface area contributed by atoms with Crippen LogP contribution < -0.4 is 20.4 Å². The highest BCUT2D eigenvalue weighted by Gasteiger charge is 2.32. The van der Waals surface area contributed by atoms with Crippen LogP contribution in [0.1, 0.15) is 31.1 Å². The number of aromatic nitrogens is 4. The Morgan fingerprint density at radius 2 is 1.83 bits per heavy atom. The highest BCUT2D eigenvalue weighted by atomic mass is 19.1. The van der Waals surface area contributed by atoms with Crippen molar-refractivity contribution in [1.29, 1.82) is 0 Å². The van der Waals surface area contributed by atoms with Gasteiger partial charge in [0, 0.05) is 43.0 Å². The summed E-state index contributed by atoms with van der Waals surface area (Å²) in [4.78, 5) is 34.5. The normalized spacial score (nSPS) is 17.5. The minimum absolute atomic E-state index is 0.126. The van der Waals surface area contributed by atoms with Gasteiger partial charge in [0.1, 0.15) is 5.82 Å². The number of nitrogens with one attached hydrogen (secondary N) is 2. The van der Waals surface area contributed by atoms with Crippen molar-refractivity contribution in [1.82, 2.24) is 25.3 Å². The number of benzene rings is 1. The molecule has 5 rings (SSSR count). The number of carbonyl (C=O) groups is 1. The molecule has 188 valence electrons. The number of morpholine rings is 1. The number of ether oxygens (including phenoxy) is 1.